The van der Waals surface area contributed by atoms with Crippen molar-refractivity contribution >= 4 is 22.6 Å². The fraction of sp³-hybridized carbons (Fsp3) is 0.684. The number of ether oxygens (including phenoxy) is 2. The van der Waals surface area contributed by atoms with E-state index in [0.717, 1.165) is 50.3 Å². The van der Waals surface area contributed by atoms with Gasteiger partial charge in [-0.1, -0.05) is 0 Å². The maximum absolute atomic E-state index is 12.9. The van der Waals surface area contributed by atoms with Crippen LogP contribution in [0.1, 0.15) is 36.4 Å². The number of hydrogen-bond donors (Lipinski definition) is 0. The van der Waals surface area contributed by atoms with E-state index >= 15 is 0 Å². The van der Waals surface area contributed by atoms with Gasteiger partial charge in [0.2, 0.25) is 6.79 Å². The molecular weight excluding hydrogens is 402 g/mol. The highest BCUT2D eigenvalue weighted by atomic mass is 35.5. The Morgan fingerprint density at radius 2 is 1.89 bits per heavy atom. The van der Waals surface area contributed by atoms with E-state index in [1.165, 1.54) is 15.4 Å². The van der Waals surface area contributed by atoms with Crippen LogP contribution in [0.4, 0.5) is 0 Å². The highest BCUT2D eigenvalue weighted by Crippen LogP contribution is 2.46. The first-order valence-electron chi connectivity index (χ1n) is 9.81. The highest BCUT2D eigenvalue weighted by molar-refractivity contribution is 7.86. The third-order valence-corrected chi connectivity index (χ3v) is 8.63. The summed E-state index contributed by atoms with van der Waals surface area (Å²) in [5, 5.41) is 0. The van der Waals surface area contributed by atoms with E-state index in [0.29, 0.717) is 12.5 Å². The first kappa shape index (κ1) is 20.2. The Morgan fingerprint density at radius 1 is 1.14 bits per heavy atom. The summed E-state index contributed by atoms with van der Waals surface area (Å²) in [6.45, 7) is 2.91. The van der Waals surface area contributed by atoms with Crippen molar-refractivity contribution in [1.82, 2.24) is 13.5 Å². The van der Waals surface area contributed by atoms with E-state index in [9.17, 15) is 8.42 Å². The number of nitrogens with zero attached hydrogens (tertiary/aromatic N) is 3. The molecule has 7 nitrogen and oxygen atoms in total. The van der Waals surface area contributed by atoms with Gasteiger partial charge in [-0.3, -0.25) is 4.90 Å². The summed E-state index contributed by atoms with van der Waals surface area (Å²) in [4.78, 5) is 2.55. The smallest absolute Gasteiger partial charge is 0.281 e. The normalized spacial score (nSPS) is 29.6. The Kier molecular flexibility index (Phi) is 5.29. The molecule has 2 saturated heterocycles. The van der Waals surface area contributed by atoms with Crippen molar-refractivity contribution in [2.75, 3.05) is 40.5 Å². The molecule has 4 aliphatic rings. The minimum Gasteiger partial charge on any atom is -0.454 e. The van der Waals surface area contributed by atoms with Crippen molar-refractivity contribution in [2.24, 2.45) is 5.92 Å². The molecule has 0 aliphatic carbocycles. The van der Waals surface area contributed by atoms with Gasteiger partial charge in [0.25, 0.3) is 10.2 Å². The van der Waals surface area contributed by atoms with Crippen LogP contribution in [0.15, 0.2) is 12.1 Å². The second-order valence-electron chi connectivity index (χ2n) is 8.27. The summed E-state index contributed by atoms with van der Waals surface area (Å²) >= 11 is 0. The Balaban J connectivity index is 0.00000192. The third-order valence-electron chi connectivity index (χ3n) is 6.66. The average Bonchev–Trinajstić information content (AvgIpc) is 3.11. The van der Waals surface area contributed by atoms with Gasteiger partial charge in [0.05, 0.1) is 0 Å². The zero-order chi connectivity index (χ0) is 18.8. The fourth-order valence-corrected chi connectivity index (χ4v) is 6.67. The van der Waals surface area contributed by atoms with Crippen LogP contribution in [0.3, 0.4) is 0 Å². The molecule has 9 heteroatoms. The van der Waals surface area contributed by atoms with Gasteiger partial charge in [-0.15, -0.1) is 12.4 Å². The van der Waals surface area contributed by atoms with Gasteiger partial charge in [-0.05, 0) is 54.9 Å². The molecule has 5 rings (SSSR count). The average molecular weight is 430 g/mol. The standard InChI is InChI=1S/C19H27N3O4S.ClH/c1-20(2)27(23,24)22-6-3-4-14-11-21-7-5-13-8-18-19(26-12-25-18)9-15(13)17(21)10-16(14)22;/h8-9,14,16-17H,3-7,10-12H2,1-2H3;1H/t14-,16+,17+;/m1./s1. The summed E-state index contributed by atoms with van der Waals surface area (Å²) in [6, 6.07) is 4.57. The molecular formula is C19H28ClN3O4S. The fourth-order valence-electron chi connectivity index (χ4n) is 5.29. The summed E-state index contributed by atoms with van der Waals surface area (Å²) in [6.07, 6.45) is 3.92. The summed E-state index contributed by atoms with van der Waals surface area (Å²) in [5.41, 5.74) is 2.61. The minimum atomic E-state index is -3.39. The lowest BCUT2D eigenvalue weighted by Gasteiger charge is -2.52. The van der Waals surface area contributed by atoms with E-state index in [-0.39, 0.29) is 31.3 Å². The van der Waals surface area contributed by atoms with Gasteiger partial charge in [0.15, 0.2) is 11.5 Å². The zero-order valence-electron chi connectivity index (χ0n) is 16.3. The van der Waals surface area contributed by atoms with Gasteiger partial charge in [-0.2, -0.15) is 17.0 Å². The van der Waals surface area contributed by atoms with E-state index in [1.807, 2.05) is 0 Å². The van der Waals surface area contributed by atoms with Crippen LogP contribution in [-0.2, 0) is 16.6 Å². The van der Waals surface area contributed by atoms with Crippen molar-refractivity contribution in [2.45, 2.75) is 37.8 Å². The topological polar surface area (TPSA) is 62.3 Å². The number of halogens is 1. The number of hydrogen-bond acceptors (Lipinski definition) is 5. The maximum atomic E-state index is 12.9. The third kappa shape index (κ3) is 3.10. The predicted molar refractivity (Wildman–Crippen MR) is 108 cm³/mol. The number of benzene rings is 1. The number of piperidine rings is 2. The molecule has 0 N–H and O–H groups in total. The number of fused-ring (bicyclic) bond motifs is 5. The maximum Gasteiger partial charge on any atom is 0.281 e. The second kappa shape index (κ2) is 7.32. The molecule has 4 aliphatic heterocycles. The Morgan fingerprint density at radius 3 is 2.64 bits per heavy atom. The first-order valence-corrected chi connectivity index (χ1v) is 11.2. The van der Waals surface area contributed by atoms with Crippen molar-refractivity contribution in [3.8, 4) is 11.5 Å². The molecule has 0 radical (unpaired) electrons. The van der Waals surface area contributed by atoms with Crippen LogP contribution >= 0.6 is 12.4 Å². The summed E-state index contributed by atoms with van der Waals surface area (Å²) in [5.74, 6) is 2.07. The predicted octanol–water partition coefficient (Wildman–Crippen LogP) is 2.03. The van der Waals surface area contributed by atoms with Crippen molar-refractivity contribution in [1.29, 1.82) is 0 Å². The van der Waals surface area contributed by atoms with Crippen LogP contribution < -0.4 is 9.47 Å². The number of rotatable bonds is 2. The lowest BCUT2D eigenvalue weighted by atomic mass is 9.77. The quantitative estimate of drug-likeness (QED) is 0.719. The van der Waals surface area contributed by atoms with Gasteiger partial charge < -0.3 is 9.47 Å². The molecule has 3 atom stereocenters. The molecule has 0 amide bonds. The molecule has 28 heavy (non-hydrogen) atoms. The van der Waals surface area contributed by atoms with Gasteiger partial charge >= 0.3 is 0 Å². The summed E-state index contributed by atoms with van der Waals surface area (Å²) in [7, 11) is -0.132. The van der Waals surface area contributed by atoms with E-state index in [2.05, 4.69) is 17.0 Å². The molecule has 4 heterocycles. The minimum absolute atomic E-state index is 0. The van der Waals surface area contributed by atoms with Gasteiger partial charge in [0, 0.05) is 45.8 Å². The van der Waals surface area contributed by atoms with E-state index in [1.54, 1.807) is 18.4 Å². The molecule has 156 valence electrons. The molecule has 0 saturated carbocycles. The largest absolute Gasteiger partial charge is 0.454 e. The Labute approximate surface area is 173 Å². The molecule has 0 spiro atoms. The van der Waals surface area contributed by atoms with E-state index < -0.39 is 10.2 Å². The van der Waals surface area contributed by atoms with Crippen LogP contribution in [0.5, 0.6) is 11.5 Å². The van der Waals surface area contributed by atoms with Crippen molar-refractivity contribution in [3.63, 3.8) is 0 Å². The highest BCUT2D eigenvalue weighted by Gasteiger charge is 2.46. The van der Waals surface area contributed by atoms with Crippen LogP contribution in [0, 0.1) is 5.92 Å². The molecule has 1 aromatic carbocycles. The van der Waals surface area contributed by atoms with Crippen LogP contribution in [0.25, 0.3) is 0 Å². The van der Waals surface area contributed by atoms with Gasteiger partial charge in [0.1, 0.15) is 0 Å². The molecule has 1 aromatic rings. The van der Waals surface area contributed by atoms with Crippen molar-refractivity contribution < 1.29 is 17.9 Å². The monoisotopic (exact) mass is 429 g/mol. The first-order chi connectivity index (χ1) is 12.9. The molecule has 2 fully saturated rings. The SMILES string of the molecule is CN(C)S(=O)(=O)N1CCC[C@@H]2CN3CCc4cc5c(cc4[C@@H]3C[C@@H]21)OCO5.Cl. The lowest BCUT2D eigenvalue weighted by Crippen LogP contribution is -2.59. The lowest BCUT2D eigenvalue weighted by molar-refractivity contribution is 0.0203. The molecule has 0 bridgehead atoms. The second-order valence-corrected chi connectivity index (χ2v) is 10.4. The van der Waals surface area contributed by atoms with Crippen LogP contribution in [0.2, 0.25) is 0 Å². The van der Waals surface area contributed by atoms with Crippen LogP contribution in [-0.4, -0.2) is 68.5 Å². The van der Waals surface area contributed by atoms with E-state index in [4.69, 9.17) is 9.47 Å². The Bertz CT molecular complexity index is 863. The summed E-state index contributed by atoms with van der Waals surface area (Å²) < 4.78 is 40.1. The van der Waals surface area contributed by atoms with Crippen molar-refractivity contribution in [3.05, 3.63) is 23.3 Å². The zero-order valence-corrected chi connectivity index (χ0v) is 18.0. The van der Waals surface area contributed by atoms with Gasteiger partial charge in [-0.25, -0.2) is 0 Å². The molecule has 0 unspecified atom stereocenters. The Hall–Kier alpha value is -1.06. The molecule has 0 aromatic heterocycles.